The molecule has 3 aromatic rings. The molecule has 0 saturated heterocycles. The zero-order valence-electron chi connectivity index (χ0n) is 67.6. The molecule has 0 heterocycles. The first kappa shape index (κ1) is 103. The summed E-state index contributed by atoms with van der Waals surface area (Å²) in [5, 5.41) is 11.1. The summed E-state index contributed by atoms with van der Waals surface area (Å²) in [6.45, 7) is 35.8. The lowest BCUT2D eigenvalue weighted by atomic mass is 9.92. The summed E-state index contributed by atoms with van der Waals surface area (Å²) in [5.41, 5.74) is 181. The molecule has 3 rings (SSSR count). The second-order valence-corrected chi connectivity index (χ2v) is 22.9. The third kappa shape index (κ3) is 56.8. The van der Waals surface area contributed by atoms with E-state index >= 15 is 0 Å². The zero-order valence-corrected chi connectivity index (χ0v) is 67.6. The first-order valence-corrected chi connectivity index (χ1v) is 34.2. The predicted molar refractivity (Wildman–Crippen MR) is 470 cm³/mol. The molecular formula is C113H59N7O4. The normalized spacial score (nSPS) is 6.85. The van der Waals surface area contributed by atoms with Crippen LogP contribution in [0.1, 0.15) is 103 Å². The maximum absolute atomic E-state index is 13.3. The SMILES string of the molecule is C.C=C(C)c1cccc(C(C)(C)N)c1.C=C=C=C=C=C=C=C=C=C=C=C=C=C=C=C=C=C=C=C=C=C=C=C=C=C=C=C=C=C=C=C=C=C=C=C(N=C=O)N=C=O.C=C=C=C=C=C=C=C=C=C=C=C=C=C=C=C=C=C=C=C=C=C=C=C=C=C=C=C=C=C=C=C=C=C=C=C(NC(=O)NC(C)(C)c1cccc(C(=C)C)c1)NC(=O)NC(C)(C)c1cccc(C(=C)C)c1. The summed E-state index contributed by atoms with van der Waals surface area (Å²) in [4.78, 5) is 52.9. The second-order valence-electron chi connectivity index (χ2n) is 22.9. The Morgan fingerprint density at radius 2 is 0.484 bits per heavy atom. The van der Waals surface area contributed by atoms with Crippen molar-refractivity contribution in [2.24, 2.45) is 15.7 Å². The number of aliphatic imine (C=N–C) groups is 2. The predicted octanol–water partition coefficient (Wildman–Crippen LogP) is 20.2. The van der Waals surface area contributed by atoms with Gasteiger partial charge in [0.2, 0.25) is 18.0 Å². The smallest absolute Gasteiger partial charge is 0.321 e. The van der Waals surface area contributed by atoms with Crippen LogP contribution in [0.5, 0.6) is 0 Å². The molecule has 0 saturated carbocycles. The number of urea groups is 2. The first-order valence-electron chi connectivity index (χ1n) is 34.2. The Morgan fingerprint density at radius 3 is 0.677 bits per heavy atom. The number of nitrogens with two attached hydrogens (primary N) is 1. The molecule has 0 aliphatic heterocycles. The van der Waals surface area contributed by atoms with Gasteiger partial charge in [-0.05, 0) is 322 Å². The van der Waals surface area contributed by atoms with E-state index in [9.17, 15) is 19.2 Å². The Labute approximate surface area is 719 Å². The van der Waals surface area contributed by atoms with Crippen LogP contribution >= 0.6 is 0 Å². The van der Waals surface area contributed by atoms with Gasteiger partial charge in [-0.3, -0.25) is 10.6 Å². The van der Waals surface area contributed by atoms with E-state index in [4.69, 9.17) is 5.73 Å². The summed E-state index contributed by atoms with van der Waals surface area (Å²) in [6, 6.07) is 22.4. The number of benzene rings is 3. The van der Waals surface area contributed by atoms with Crippen LogP contribution in [0.15, 0.2) is 517 Å². The van der Waals surface area contributed by atoms with E-state index in [2.05, 4.69) is 466 Å². The van der Waals surface area contributed by atoms with Crippen LogP contribution < -0.4 is 27.0 Å². The van der Waals surface area contributed by atoms with Gasteiger partial charge in [-0.15, -0.1) is 9.98 Å². The van der Waals surface area contributed by atoms with Crippen LogP contribution in [0, 0.1) is 0 Å². The van der Waals surface area contributed by atoms with Gasteiger partial charge in [0.1, 0.15) is 0 Å². The molecule has 0 spiro atoms. The minimum Gasteiger partial charge on any atom is -0.329 e. The molecule has 0 atom stereocenters. The molecule has 0 aliphatic rings. The maximum atomic E-state index is 13.3. The first-order chi connectivity index (χ1) is 59.5. The summed E-state index contributed by atoms with van der Waals surface area (Å²) in [5.74, 6) is -0.486. The number of rotatable bonds is 12. The van der Waals surface area contributed by atoms with Crippen molar-refractivity contribution < 1.29 is 19.2 Å². The van der Waals surface area contributed by atoms with Crippen molar-refractivity contribution in [2.75, 3.05) is 0 Å². The van der Waals surface area contributed by atoms with Gasteiger partial charge < -0.3 is 16.4 Å². The lowest BCUT2D eigenvalue weighted by Gasteiger charge is -2.29. The van der Waals surface area contributed by atoms with Crippen molar-refractivity contribution in [1.29, 1.82) is 0 Å². The minimum atomic E-state index is -0.806. The summed E-state index contributed by atoms with van der Waals surface area (Å²) in [6.07, 6.45) is 2.37. The fourth-order valence-electron chi connectivity index (χ4n) is 6.94. The van der Waals surface area contributed by atoms with Crippen LogP contribution in [0.2, 0.25) is 0 Å². The highest BCUT2D eigenvalue weighted by Gasteiger charge is 2.26. The molecule has 124 heavy (non-hydrogen) atoms. The number of nitrogens with one attached hydrogen (secondary N) is 4. The van der Waals surface area contributed by atoms with Gasteiger partial charge in [-0.1, -0.05) is 110 Å². The quantitative estimate of drug-likeness (QED) is 0.0690. The molecule has 4 amide bonds. The van der Waals surface area contributed by atoms with Crippen LogP contribution in [0.25, 0.3) is 16.7 Å². The van der Waals surface area contributed by atoms with E-state index in [0.717, 1.165) is 50.1 Å². The van der Waals surface area contributed by atoms with E-state index in [1.807, 2.05) is 123 Å². The van der Waals surface area contributed by atoms with Crippen LogP contribution in [-0.4, -0.2) is 24.2 Å². The van der Waals surface area contributed by atoms with E-state index in [1.54, 1.807) is 0 Å². The molecule has 0 unspecified atom stereocenters. The number of hydrogen-bond donors (Lipinski definition) is 5. The molecule has 570 valence electrons. The number of carbonyl (C=O) groups excluding carboxylic acids is 4. The Hall–Kier alpha value is -21.3. The fourth-order valence-corrected chi connectivity index (χ4v) is 6.94. The van der Waals surface area contributed by atoms with Gasteiger partial charge in [-0.2, -0.15) is 0 Å². The Bertz CT molecular complexity index is 7960. The van der Waals surface area contributed by atoms with Crippen LogP contribution in [-0.2, 0) is 26.2 Å². The van der Waals surface area contributed by atoms with Gasteiger partial charge in [0.15, 0.2) is 5.82 Å². The molecule has 0 aromatic heterocycles. The van der Waals surface area contributed by atoms with Crippen molar-refractivity contribution in [3.63, 3.8) is 0 Å². The highest BCUT2D eigenvalue weighted by atomic mass is 16.2. The van der Waals surface area contributed by atoms with Gasteiger partial charge in [0.05, 0.1) is 11.1 Å². The third-order valence-electron chi connectivity index (χ3n) is 12.3. The maximum Gasteiger partial charge on any atom is 0.321 e. The number of nitrogens with zero attached hydrogens (tertiary/aromatic N) is 2. The fraction of sp³-hybridized carbons (Fsp3) is 0.115. The molecule has 0 bridgehead atoms. The average molecular weight is 1580 g/mol. The van der Waals surface area contributed by atoms with Crippen molar-refractivity contribution >= 4 is 40.9 Å². The van der Waals surface area contributed by atoms with Crippen LogP contribution in [0.3, 0.4) is 0 Å². The second kappa shape index (κ2) is 67.4. The average Bonchev–Trinajstić information content (AvgIpc) is 0.819. The topological polar surface area (TPSA) is 167 Å². The Balaban J connectivity index is 0.00000227. The Morgan fingerprint density at radius 1 is 0.298 bits per heavy atom. The molecule has 0 radical (unpaired) electrons. The standard InChI is InChI=1S/C62H36N4O2.C38H2N2O2.C12H17N.CH4/c1-10-11-12-13-14-15-16-17-18-19-20-21-22-23-24-25-26-27-28-29-30-31-32-33-34-35-36-37-38-39-40-41-42-49-58(63-59(67)65-61(6,7)56-47-43-45-54(50-56)52(2)3)64-60(68)66-62(8,9)57-48-44-46-55(51-57)53(4)5;1-2-3-4-5-6-7-8-9-10-11-12-13-14-15-16-17-18-19-20-21-22-23-24-25-26-27-28-29-30-31-32-33-34-35-38(39-36-41)40-37-42;1-9(2)10-6-5-7-11(8-10)12(3,4)13;/h43-48,50-51H,1-2,4H2,3,5-9H3,(H2,63,65,67)(H2,64,66,68);1H2;5-8H,1,13H2,2-4H3;1H4. The van der Waals surface area contributed by atoms with Gasteiger partial charge in [0.25, 0.3) is 0 Å². The number of allylic oxidation sites excluding steroid dienone is 3. The van der Waals surface area contributed by atoms with Gasteiger partial charge in [0, 0.05) is 189 Å². The molecule has 11 heteroatoms. The number of isocyanates is 2. The molecule has 11 nitrogen and oxygen atoms in total. The minimum absolute atomic E-state index is 0. The number of amides is 4. The summed E-state index contributed by atoms with van der Waals surface area (Å²) < 4.78 is 0. The summed E-state index contributed by atoms with van der Waals surface area (Å²) in [7, 11) is 0. The summed E-state index contributed by atoms with van der Waals surface area (Å²) >= 11 is 0. The third-order valence-corrected chi connectivity index (χ3v) is 12.3. The highest BCUT2D eigenvalue weighted by Crippen LogP contribution is 2.25. The zero-order chi connectivity index (χ0) is 90.2. The molecule has 0 fully saturated rings. The lowest BCUT2D eigenvalue weighted by Crippen LogP contribution is -2.51. The lowest BCUT2D eigenvalue weighted by molar-refractivity contribution is 0.228. The Kier molecular flexibility index (Phi) is 55.8. The van der Waals surface area contributed by atoms with Crippen molar-refractivity contribution in [3.8, 4) is 0 Å². The van der Waals surface area contributed by atoms with E-state index in [1.165, 1.54) is 12.2 Å². The number of hydrogen-bond acceptors (Lipinski definition) is 7. The molecule has 6 N–H and O–H groups in total. The van der Waals surface area contributed by atoms with Gasteiger partial charge in [-0.25, -0.2) is 19.2 Å². The van der Waals surface area contributed by atoms with Gasteiger partial charge >= 0.3 is 12.1 Å². The largest absolute Gasteiger partial charge is 0.329 e. The monoisotopic (exact) mass is 1580 g/mol. The van der Waals surface area contributed by atoms with E-state index in [-0.39, 0.29) is 24.6 Å². The van der Waals surface area contributed by atoms with E-state index < -0.39 is 23.1 Å². The van der Waals surface area contributed by atoms with Crippen molar-refractivity contribution in [3.05, 3.63) is 540 Å². The molecule has 0 aliphatic carbocycles. The molecular weight excluding hydrogens is 1520 g/mol. The van der Waals surface area contributed by atoms with E-state index in [0.29, 0.717) is 0 Å². The highest BCUT2D eigenvalue weighted by molar-refractivity contribution is 5.81. The van der Waals surface area contributed by atoms with Crippen molar-refractivity contribution in [1.82, 2.24) is 21.3 Å². The molecule has 3 aromatic carbocycles. The van der Waals surface area contributed by atoms with Crippen LogP contribution in [0.4, 0.5) is 9.59 Å². The van der Waals surface area contributed by atoms with Crippen molar-refractivity contribution in [2.45, 2.75) is 86.4 Å². The number of carbonyl (C=O) groups is 2.